The van der Waals surface area contributed by atoms with Gasteiger partial charge in [-0.3, -0.25) is 4.79 Å². The molecule has 0 radical (unpaired) electrons. The van der Waals surface area contributed by atoms with Crippen molar-refractivity contribution in [2.24, 2.45) is 0 Å². The van der Waals surface area contributed by atoms with E-state index >= 15 is 0 Å². The smallest absolute Gasteiger partial charge is 0.345 e. The van der Waals surface area contributed by atoms with Crippen LogP contribution in [0.1, 0.15) is 113 Å². The van der Waals surface area contributed by atoms with Crippen LogP contribution in [-0.2, 0) is 4.79 Å². The number of carbonyl (C=O) groups excluding carboxylic acids is 1. The normalized spacial score (nSPS) is 10.9. The second kappa shape index (κ2) is 15.5. The quantitative estimate of drug-likeness (QED) is 0.275. The van der Waals surface area contributed by atoms with E-state index in [2.05, 4.69) is 6.92 Å². The molecule has 1 rings (SSSR count). The van der Waals surface area contributed by atoms with E-state index in [4.69, 9.17) is 5.11 Å². The Bertz CT molecular complexity index is 556. The minimum absolute atomic E-state index is 0.0199. The minimum atomic E-state index is -0.934. The molecule has 0 aliphatic heterocycles. The predicted octanol–water partition coefficient (Wildman–Crippen LogP) is 7.28. The summed E-state index contributed by atoms with van der Waals surface area (Å²) < 4.78 is 0. The number of thiophene rings is 1. The van der Waals surface area contributed by atoms with Crippen LogP contribution in [0.4, 0.5) is 5.00 Å². The Labute approximate surface area is 175 Å². The van der Waals surface area contributed by atoms with Gasteiger partial charge in [-0.05, 0) is 18.6 Å². The molecule has 28 heavy (non-hydrogen) atoms. The number of hydrogen-bond donors (Lipinski definition) is 1. The number of unbranched alkanes of at least 4 members (excludes halogenated alkanes) is 13. The maximum absolute atomic E-state index is 11.9. The van der Waals surface area contributed by atoms with Gasteiger partial charge in [0, 0.05) is 13.5 Å². The van der Waals surface area contributed by atoms with E-state index in [0.29, 0.717) is 6.54 Å². The van der Waals surface area contributed by atoms with Crippen LogP contribution in [0.15, 0.2) is 12.1 Å². The summed E-state index contributed by atoms with van der Waals surface area (Å²) in [5.74, 6) is -0.954. The zero-order valence-electron chi connectivity index (χ0n) is 17.9. The van der Waals surface area contributed by atoms with Gasteiger partial charge in [-0.2, -0.15) is 0 Å². The molecule has 0 aliphatic rings. The zero-order chi connectivity index (χ0) is 20.6. The van der Waals surface area contributed by atoms with Crippen molar-refractivity contribution in [3.63, 3.8) is 0 Å². The predicted molar refractivity (Wildman–Crippen MR) is 120 cm³/mol. The van der Waals surface area contributed by atoms with Crippen LogP contribution in [0.2, 0.25) is 0 Å². The molecular weight excluding hydrogens is 370 g/mol. The Morgan fingerprint density at radius 2 is 1.29 bits per heavy atom. The van der Waals surface area contributed by atoms with Gasteiger partial charge in [-0.1, -0.05) is 90.4 Å². The molecular formula is C23H39NO3S. The summed E-state index contributed by atoms with van der Waals surface area (Å²) >= 11 is 1.17. The van der Waals surface area contributed by atoms with Gasteiger partial charge in [0.1, 0.15) is 4.88 Å². The van der Waals surface area contributed by atoms with Gasteiger partial charge >= 0.3 is 5.97 Å². The highest BCUT2D eigenvalue weighted by Crippen LogP contribution is 2.26. The summed E-state index contributed by atoms with van der Waals surface area (Å²) in [5.41, 5.74) is 0. The van der Waals surface area contributed by atoms with E-state index < -0.39 is 5.97 Å². The average molecular weight is 410 g/mol. The molecule has 4 nitrogen and oxygen atoms in total. The number of nitrogens with zero attached hydrogens (tertiary/aromatic N) is 1. The third-order valence-electron chi connectivity index (χ3n) is 5.18. The van der Waals surface area contributed by atoms with Gasteiger partial charge in [-0.15, -0.1) is 11.3 Å². The molecule has 0 saturated carbocycles. The monoisotopic (exact) mass is 409 g/mol. The van der Waals surface area contributed by atoms with Crippen LogP contribution >= 0.6 is 11.3 Å². The lowest BCUT2D eigenvalue weighted by molar-refractivity contribution is -0.116. The first kappa shape index (κ1) is 24.7. The first-order chi connectivity index (χ1) is 13.6. The van der Waals surface area contributed by atoms with Crippen LogP contribution in [0.5, 0.6) is 0 Å². The van der Waals surface area contributed by atoms with Crippen molar-refractivity contribution in [1.29, 1.82) is 0 Å². The molecule has 1 N–H and O–H groups in total. The zero-order valence-corrected chi connectivity index (χ0v) is 18.7. The van der Waals surface area contributed by atoms with Gasteiger partial charge < -0.3 is 10.0 Å². The number of rotatable bonds is 17. The first-order valence-electron chi connectivity index (χ1n) is 11.2. The fourth-order valence-corrected chi connectivity index (χ4v) is 4.39. The molecule has 0 spiro atoms. The molecule has 0 atom stereocenters. The molecule has 1 aromatic rings. The lowest BCUT2D eigenvalue weighted by Crippen LogP contribution is -2.28. The number of carboxylic acids is 1. The van der Waals surface area contributed by atoms with Crippen molar-refractivity contribution < 1.29 is 14.7 Å². The van der Waals surface area contributed by atoms with E-state index in [-0.39, 0.29) is 10.8 Å². The Morgan fingerprint density at radius 1 is 0.821 bits per heavy atom. The van der Waals surface area contributed by atoms with Crippen LogP contribution in [0, 0.1) is 0 Å². The summed E-state index contributed by atoms with van der Waals surface area (Å²) in [5, 5.41) is 9.77. The Balaban J connectivity index is 2.03. The topological polar surface area (TPSA) is 57.6 Å². The Hall–Kier alpha value is -1.36. The van der Waals surface area contributed by atoms with E-state index in [9.17, 15) is 9.59 Å². The summed E-state index contributed by atoms with van der Waals surface area (Å²) in [7, 11) is 0. The third-order valence-corrected chi connectivity index (χ3v) is 6.28. The summed E-state index contributed by atoms with van der Waals surface area (Å²) in [6.07, 6.45) is 18.4. The molecule has 0 fully saturated rings. The van der Waals surface area contributed by atoms with Gasteiger partial charge in [0.2, 0.25) is 5.91 Å². The second-order valence-electron chi connectivity index (χ2n) is 7.71. The largest absolute Gasteiger partial charge is 0.477 e. The second-order valence-corrected chi connectivity index (χ2v) is 8.77. The molecule has 0 aliphatic carbocycles. The molecule has 1 amide bonds. The lowest BCUT2D eigenvalue weighted by Gasteiger charge is -2.19. The number of aromatic carboxylic acids is 1. The van der Waals surface area contributed by atoms with Gasteiger partial charge in [0.05, 0.1) is 5.00 Å². The highest BCUT2D eigenvalue weighted by molar-refractivity contribution is 7.18. The number of carbonyl (C=O) groups is 2. The van der Waals surface area contributed by atoms with Crippen molar-refractivity contribution >= 4 is 28.2 Å². The number of carboxylic acid groups (broad SMARTS) is 1. The van der Waals surface area contributed by atoms with Gasteiger partial charge in [0.25, 0.3) is 0 Å². The number of hydrogen-bond acceptors (Lipinski definition) is 3. The van der Waals surface area contributed by atoms with Gasteiger partial charge in [-0.25, -0.2) is 4.79 Å². The highest BCUT2D eigenvalue weighted by atomic mass is 32.1. The van der Waals surface area contributed by atoms with Crippen LogP contribution in [0.25, 0.3) is 0 Å². The van der Waals surface area contributed by atoms with E-state index in [0.717, 1.165) is 17.8 Å². The van der Waals surface area contributed by atoms with E-state index in [1.54, 1.807) is 24.0 Å². The fourth-order valence-electron chi connectivity index (χ4n) is 3.47. The van der Waals surface area contributed by atoms with Gasteiger partial charge in [0.15, 0.2) is 0 Å². The molecule has 0 unspecified atom stereocenters. The third kappa shape index (κ3) is 10.8. The minimum Gasteiger partial charge on any atom is -0.477 e. The van der Waals surface area contributed by atoms with Crippen molar-refractivity contribution in [1.82, 2.24) is 0 Å². The SMILES string of the molecule is CCCCCCCCCCCCCCCCN(C(C)=O)c1ccc(C(=O)O)s1. The summed E-state index contributed by atoms with van der Waals surface area (Å²) in [6, 6.07) is 3.31. The Morgan fingerprint density at radius 3 is 1.68 bits per heavy atom. The van der Waals surface area contributed by atoms with Crippen molar-refractivity contribution in [2.45, 2.75) is 104 Å². The standard InChI is InChI=1S/C23H39NO3S/c1-3-4-5-6-7-8-9-10-11-12-13-14-15-16-19-24(20(2)25)22-18-17-21(28-22)23(26)27/h17-18H,3-16,19H2,1-2H3,(H,26,27). The van der Waals surface area contributed by atoms with Crippen molar-refractivity contribution in [3.8, 4) is 0 Å². The lowest BCUT2D eigenvalue weighted by atomic mass is 10.0. The van der Waals surface area contributed by atoms with Crippen molar-refractivity contribution in [2.75, 3.05) is 11.4 Å². The molecule has 1 heterocycles. The average Bonchev–Trinajstić information content (AvgIpc) is 3.14. The van der Waals surface area contributed by atoms with Crippen LogP contribution in [-0.4, -0.2) is 23.5 Å². The summed E-state index contributed by atoms with van der Waals surface area (Å²) in [6.45, 7) is 4.48. The molecule has 0 bridgehead atoms. The molecule has 1 aromatic heterocycles. The van der Waals surface area contributed by atoms with E-state index in [1.807, 2.05) is 0 Å². The Kier molecular flexibility index (Phi) is 13.7. The maximum atomic E-state index is 11.9. The highest BCUT2D eigenvalue weighted by Gasteiger charge is 2.15. The molecule has 160 valence electrons. The molecule has 0 saturated heterocycles. The number of anilines is 1. The number of amides is 1. The van der Waals surface area contributed by atoms with E-state index in [1.165, 1.54) is 88.4 Å². The molecule has 0 aromatic carbocycles. The summed E-state index contributed by atoms with van der Waals surface area (Å²) in [4.78, 5) is 24.9. The molecule has 5 heteroatoms. The van der Waals surface area contributed by atoms with Crippen molar-refractivity contribution in [3.05, 3.63) is 17.0 Å². The van der Waals surface area contributed by atoms with Crippen LogP contribution < -0.4 is 4.90 Å². The fraction of sp³-hybridized carbons (Fsp3) is 0.739. The van der Waals surface area contributed by atoms with Crippen LogP contribution in [0.3, 0.4) is 0 Å². The first-order valence-corrected chi connectivity index (χ1v) is 12.0. The maximum Gasteiger partial charge on any atom is 0.345 e.